The van der Waals surface area contributed by atoms with Gasteiger partial charge in [-0.15, -0.1) is 0 Å². The highest BCUT2D eigenvalue weighted by Gasteiger charge is 2.63. The lowest BCUT2D eigenvalue weighted by Gasteiger charge is -2.59. The number of hydrogen-bond donors (Lipinski definition) is 1. The normalized spacial score (nSPS) is 37.6. The maximum Gasteiger partial charge on any atom is 0.146 e. The highest BCUT2D eigenvalue weighted by molar-refractivity contribution is 7.99. The summed E-state index contributed by atoms with van der Waals surface area (Å²) in [4.78, 5) is 18.1. The third-order valence-electron chi connectivity index (χ3n) is 10.2. The van der Waals surface area contributed by atoms with Gasteiger partial charge in [0, 0.05) is 18.7 Å². The Hall–Kier alpha value is -1.92. The number of carbonyl (C=O) groups is 1. The van der Waals surface area contributed by atoms with Crippen LogP contribution in [0.1, 0.15) is 62.9 Å². The predicted octanol–water partition coefficient (Wildman–Crippen LogP) is 5.25. The Morgan fingerprint density at radius 3 is 2.89 bits per heavy atom. The zero-order chi connectivity index (χ0) is 24.5. The zero-order valence-corrected chi connectivity index (χ0v) is 22.1. The van der Waals surface area contributed by atoms with Crippen molar-refractivity contribution < 1.29 is 9.90 Å². The first-order valence-corrected chi connectivity index (χ1v) is 14.2. The molecule has 2 aromatic heterocycles. The average molecular weight is 492 g/mol. The Morgan fingerprint density at radius 1 is 1.26 bits per heavy atom. The number of fused-ring (bicyclic) bond motifs is 6. The van der Waals surface area contributed by atoms with E-state index in [1.807, 2.05) is 43.0 Å². The van der Waals surface area contributed by atoms with Crippen molar-refractivity contribution in [3.8, 4) is 0 Å². The van der Waals surface area contributed by atoms with Gasteiger partial charge in [-0.2, -0.15) is 5.10 Å². The minimum atomic E-state index is -0.368. The molecule has 0 aromatic carbocycles. The fraction of sp³-hybridized carbons (Fsp3) is 0.621. The molecule has 0 amide bonds. The Balaban J connectivity index is 1.24. The predicted molar refractivity (Wildman–Crippen MR) is 139 cm³/mol. The van der Waals surface area contributed by atoms with Crippen LogP contribution < -0.4 is 0 Å². The first kappa shape index (κ1) is 23.5. The number of aliphatic hydroxyl groups excluding tert-OH is 1. The number of ketones is 1. The number of rotatable bonds is 4. The molecule has 0 aliphatic heterocycles. The van der Waals surface area contributed by atoms with Crippen LogP contribution >= 0.6 is 11.8 Å². The number of thioether (sulfide) groups is 1. The monoisotopic (exact) mass is 491 g/mol. The van der Waals surface area contributed by atoms with Gasteiger partial charge in [-0.3, -0.25) is 9.48 Å². The van der Waals surface area contributed by atoms with Gasteiger partial charge in [0.1, 0.15) is 5.78 Å². The Bertz CT molecular complexity index is 1200. The summed E-state index contributed by atoms with van der Waals surface area (Å²) in [5, 5.41) is 17.2. The van der Waals surface area contributed by atoms with Crippen LogP contribution in [-0.2, 0) is 18.3 Å². The molecule has 4 aliphatic carbocycles. The number of Topliss-reactive ketones (excluding diaryl/α,β-unsaturated/α-hetero) is 1. The summed E-state index contributed by atoms with van der Waals surface area (Å²) in [7, 11) is 2.02. The van der Waals surface area contributed by atoms with Crippen molar-refractivity contribution in [2.45, 2.75) is 70.4 Å². The van der Waals surface area contributed by atoms with Crippen molar-refractivity contribution in [2.24, 2.45) is 41.5 Å². The van der Waals surface area contributed by atoms with Crippen LogP contribution in [0.4, 0.5) is 0 Å². The lowest BCUT2D eigenvalue weighted by atomic mass is 9.46. The highest BCUT2D eigenvalue weighted by Crippen LogP contribution is 2.66. The van der Waals surface area contributed by atoms with Crippen molar-refractivity contribution in [3.63, 3.8) is 0 Å². The minimum Gasteiger partial charge on any atom is -0.393 e. The van der Waals surface area contributed by atoms with E-state index in [1.165, 1.54) is 16.8 Å². The zero-order valence-electron chi connectivity index (χ0n) is 21.3. The van der Waals surface area contributed by atoms with Crippen LogP contribution in [0, 0.1) is 41.4 Å². The molecule has 0 bridgehead atoms. The van der Waals surface area contributed by atoms with Crippen LogP contribution in [0.5, 0.6) is 0 Å². The quantitative estimate of drug-likeness (QED) is 0.592. The van der Waals surface area contributed by atoms with E-state index in [9.17, 15) is 9.90 Å². The molecule has 35 heavy (non-hydrogen) atoms. The van der Waals surface area contributed by atoms with Gasteiger partial charge in [-0.25, -0.2) is 4.98 Å². The molecule has 2 aromatic rings. The average Bonchev–Trinajstić information content (AvgIpc) is 3.34. The van der Waals surface area contributed by atoms with Crippen LogP contribution in [0.15, 0.2) is 35.0 Å². The van der Waals surface area contributed by atoms with Gasteiger partial charge in [-0.05, 0) is 97.8 Å². The summed E-state index contributed by atoms with van der Waals surface area (Å²) in [5.74, 6) is 2.11. The summed E-state index contributed by atoms with van der Waals surface area (Å²) in [6.07, 6.45) is 10.0. The molecule has 1 N–H and O–H groups in total. The fourth-order valence-electron chi connectivity index (χ4n) is 8.69. The van der Waals surface area contributed by atoms with Gasteiger partial charge in [0.15, 0.2) is 0 Å². The second kappa shape index (κ2) is 8.31. The first-order chi connectivity index (χ1) is 16.7. The number of aryl methyl sites for hydroxylation is 2. The van der Waals surface area contributed by atoms with Crippen LogP contribution in [-0.4, -0.2) is 37.5 Å². The lowest BCUT2D eigenvalue weighted by Crippen LogP contribution is -2.57. The topological polar surface area (TPSA) is 68.0 Å². The van der Waals surface area contributed by atoms with Crippen molar-refractivity contribution in [3.05, 3.63) is 46.9 Å². The van der Waals surface area contributed by atoms with Gasteiger partial charge in [0.05, 0.1) is 28.8 Å². The van der Waals surface area contributed by atoms with Crippen LogP contribution in [0.2, 0.25) is 0 Å². The SMILES string of the molecule is Cc1cccc(SCC(=O)C2CCC3C4CCC5=Cc6c(cnn6C)CC5(C)C4C(O)CC23C)n1. The maximum atomic E-state index is 13.5. The minimum absolute atomic E-state index is 0.0194. The molecule has 0 spiro atoms. The van der Waals surface area contributed by atoms with Gasteiger partial charge in [-0.1, -0.05) is 37.2 Å². The number of hydrogen-bond acceptors (Lipinski definition) is 5. The van der Waals surface area contributed by atoms with Crippen LogP contribution in [0.3, 0.4) is 0 Å². The molecule has 7 atom stereocenters. The van der Waals surface area contributed by atoms with Gasteiger partial charge in [0.25, 0.3) is 0 Å². The van der Waals surface area contributed by atoms with Crippen molar-refractivity contribution in [1.29, 1.82) is 0 Å². The summed E-state index contributed by atoms with van der Waals surface area (Å²) < 4.78 is 1.99. The molecule has 0 radical (unpaired) electrons. The Labute approximate surface area is 212 Å². The molecule has 2 heterocycles. The standard InChI is InChI=1S/C29H37N3O2S/c1-17-6-5-7-26(31-17)35-16-25(34)22-11-10-21-20-9-8-19-12-23-18(15-30-32(23)4)13-28(19,2)27(20)24(33)14-29(21,22)3/h5-7,12,15,20-22,24,27,33H,8-11,13-14,16H2,1-4H3. The van der Waals surface area contributed by atoms with Crippen molar-refractivity contribution in [1.82, 2.24) is 14.8 Å². The van der Waals surface area contributed by atoms with E-state index in [1.54, 1.807) is 11.8 Å². The van der Waals surface area contributed by atoms with Crippen LogP contribution in [0.25, 0.3) is 6.08 Å². The van der Waals surface area contributed by atoms with E-state index < -0.39 is 0 Å². The molecule has 186 valence electrons. The van der Waals surface area contributed by atoms with E-state index >= 15 is 0 Å². The second-order valence-corrected chi connectivity index (χ2v) is 13.1. The van der Waals surface area contributed by atoms with E-state index in [-0.39, 0.29) is 28.8 Å². The second-order valence-electron chi connectivity index (χ2n) is 12.1. The van der Waals surface area contributed by atoms with E-state index in [2.05, 4.69) is 30.0 Å². The number of pyridine rings is 1. The molecule has 7 unspecified atom stereocenters. The molecule has 6 heteroatoms. The van der Waals surface area contributed by atoms with E-state index in [0.717, 1.165) is 49.2 Å². The fourth-order valence-corrected chi connectivity index (χ4v) is 9.57. The summed E-state index contributed by atoms with van der Waals surface area (Å²) in [5.41, 5.74) is 4.89. The molecule has 5 nitrogen and oxygen atoms in total. The largest absolute Gasteiger partial charge is 0.393 e. The number of nitrogens with zero attached hydrogens (tertiary/aromatic N) is 3. The number of aromatic nitrogens is 3. The lowest BCUT2D eigenvalue weighted by molar-refractivity contribution is -0.140. The smallest absolute Gasteiger partial charge is 0.146 e. The molecular formula is C29H37N3O2S. The molecule has 0 saturated heterocycles. The Kier molecular flexibility index (Phi) is 5.57. The maximum absolute atomic E-state index is 13.5. The third-order valence-corrected chi connectivity index (χ3v) is 11.2. The van der Waals surface area contributed by atoms with Crippen molar-refractivity contribution in [2.75, 3.05) is 5.75 Å². The van der Waals surface area contributed by atoms with Crippen molar-refractivity contribution >= 4 is 23.6 Å². The highest BCUT2D eigenvalue weighted by atomic mass is 32.2. The van der Waals surface area contributed by atoms with Gasteiger partial charge in [0.2, 0.25) is 0 Å². The summed E-state index contributed by atoms with van der Waals surface area (Å²) in [6, 6.07) is 5.98. The molecule has 4 aliphatic rings. The Morgan fingerprint density at radius 2 is 2.09 bits per heavy atom. The third kappa shape index (κ3) is 3.58. The number of aliphatic hydroxyl groups is 1. The van der Waals surface area contributed by atoms with E-state index in [0.29, 0.717) is 23.4 Å². The molecule has 6 rings (SSSR count). The van der Waals surface area contributed by atoms with Gasteiger partial charge < -0.3 is 5.11 Å². The summed E-state index contributed by atoms with van der Waals surface area (Å²) in [6.45, 7) is 6.69. The molecule has 3 fully saturated rings. The van der Waals surface area contributed by atoms with E-state index in [4.69, 9.17) is 0 Å². The number of carbonyl (C=O) groups excluding carboxylic acids is 1. The van der Waals surface area contributed by atoms with Gasteiger partial charge >= 0.3 is 0 Å². The first-order valence-electron chi connectivity index (χ1n) is 13.2. The number of allylic oxidation sites excluding steroid dienone is 1. The molecular weight excluding hydrogens is 454 g/mol. The summed E-state index contributed by atoms with van der Waals surface area (Å²) >= 11 is 1.56. The molecule has 3 saturated carbocycles.